The van der Waals surface area contributed by atoms with E-state index in [0.717, 1.165) is 22.2 Å². The zero-order chi connectivity index (χ0) is 22.2. The van der Waals surface area contributed by atoms with Gasteiger partial charge in [-0.3, -0.25) is 4.68 Å². The highest BCUT2D eigenvalue weighted by atomic mass is 32.2. The topological polar surface area (TPSA) is 191 Å². The highest BCUT2D eigenvalue weighted by molar-refractivity contribution is 7.89. The van der Waals surface area contributed by atoms with Gasteiger partial charge < -0.3 is 21.6 Å². The van der Waals surface area contributed by atoms with Gasteiger partial charge in [0.2, 0.25) is 16.0 Å². The third-order valence-electron chi connectivity index (χ3n) is 5.08. The van der Waals surface area contributed by atoms with Gasteiger partial charge in [-0.15, -0.1) is 0 Å². The molecule has 0 fully saturated rings. The Hall–Kier alpha value is -3.58. The lowest BCUT2D eigenvalue weighted by Gasteiger charge is -2.10. The van der Waals surface area contributed by atoms with Crippen molar-refractivity contribution < 1.29 is 19.4 Å². The number of fused-ring (bicyclic) bond motifs is 1. The maximum Gasteiger partial charge on any atom is 0.238 e. The first-order valence-electron chi connectivity index (χ1n) is 9.60. The first-order valence-corrected chi connectivity index (χ1v) is 11.1. The summed E-state index contributed by atoms with van der Waals surface area (Å²) in [5, 5.41) is 17.2. The molecule has 0 aliphatic heterocycles. The third kappa shape index (κ3) is 5.62. The van der Waals surface area contributed by atoms with Crippen molar-refractivity contribution in [2.75, 3.05) is 10.6 Å². The van der Waals surface area contributed by atoms with Gasteiger partial charge in [-0.05, 0) is 49.2 Å². The number of hydrogen-bond acceptors (Lipinski definition) is 7. The second kappa shape index (κ2) is 9.92. The van der Waals surface area contributed by atoms with Gasteiger partial charge in [-0.25, -0.2) is 18.5 Å². The Balaban J connectivity index is 0.00000193. The SMILES string of the molecule is Cc1ccc(Nc2nccc(NCc3ccc4c(C)n(C)nc4c3)n2)cc1S(N)(=O)=O.O.O. The van der Waals surface area contributed by atoms with Crippen LogP contribution in [-0.2, 0) is 23.6 Å². The molecule has 0 saturated heterocycles. The highest BCUT2D eigenvalue weighted by Gasteiger charge is 2.13. The van der Waals surface area contributed by atoms with Gasteiger partial charge in [-0.2, -0.15) is 10.1 Å². The van der Waals surface area contributed by atoms with E-state index in [2.05, 4.69) is 43.9 Å². The van der Waals surface area contributed by atoms with Crippen molar-refractivity contribution in [2.24, 2.45) is 12.2 Å². The zero-order valence-electron chi connectivity index (χ0n) is 18.4. The van der Waals surface area contributed by atoms with Crippen molar-refractivity contribution in [1.82, 2.24) is 19.7 Å². The van der Waals surface area contributed by atoms with Crippen LogP contribution in [0.5, 0.6) is 0 Å². The van der Waals surface area contributed by atoms with Crippen molar-refractivity contribution in [3.8, 4) is 0 Å². The van der Waals surface area contributed by atoms with E-state index in [1.807, 2.05) is 18.7 Å². The van der Waals surface area contributed by atoms with Gasteiger partial charge in [0.1, 0.15) is 5.82 Å². The van der Waals surface area contributed by atoms with Gasteiger partial charge in [0, 0.05) is 36.6 Å². The summed E-state index contributed by atoms with van der Waals surface area (Å²) < 4.78 is 25.3. The number of primary sulfonamides is 1. The summed E-state index contributed by atoms with van der Waals surface area (Å²) in [6.07, 6.45) is 1.62. The predicted molar refractivity (Wildman–Crippen MR) is 128 cm³/mol. The van der Waals surface area contributed by atoms with Crippen LogP contribution >= 0.6 is 0 Å². The maximum atomic E-state index is 11.7. The first kappa shape index (κ1) is 25.7. The lowest BCUT2D eigenvalue weighted by Crippen LogP contribution is -2.14. The molecule has 0 atom stereocenters. The number of sulfonamides is 1. The van der Waals surface area contributed by atoms with Gasteiger partial charge in [0.15, 0.2) is 0 Å². The standard InChI is InChI=1S/C21H23N7O2S.2H2O/c1-13-4-6-16(11-19(13)31(22,29)30)25-21-23-9-8-20(26-21)24-12-15-5-7-17-14(2)28(3)27-18(17)10-15;;/h4-11H,12H2,1-3H3,(H2,22,29,30)(H2,23,24,25,26);2*1H2. The summed E-state index contributed by atoms with van der Waals surface area (Å²) in [5.41, 5.74) is 4.26. The Morgan fingerprint density at radius 1 is 1.06 bits per heavy atom. The summed E-state index contributed by atoms with van der Waals surface area (Å²) in [6, 6.07) is 12.8. The van der Waals surface area contributed by atoms with E-state index in [0.29, 0.717) is 29.6 Å². The normalized spacial score (nSPS) is 10.9. The summed E-state index contributed by atoms with van der Waals surface area (Å²) >= 11 is 0. The molecular weight excluding hydrogens is 446 g/mol. The van der Waals surface area contributed by atoms with Crippen LogP contribution in [0, 0.1) is 13.8 Å². The maximum absolute atomic E-state index is 11.7. The van der Waals surface area contributed by atoms with E-state index >= 15 is 0 Å². The molecule has 0 spiro atoms. The molecule has 0 amide bonds. The number of nitrogens with one attached hydrogen (secondary N) is 2. The third-order valence-corrected chi connectivity index (χ3v) is 6.13. The smallest absolute Gasteiger partial charge is 0.238 e. The van der Waals surface area contributed by atoms with Crippen LogP contribution in [0.2, 0.25) is 0 Å². The van der Waals surface area contributed by atoms with Crippen molar-refractivity contribution in [3.63, 3.8) is 0 Å². The molecule has 0 radical (unpaired) electrons. The molecule has 33 heavy (non-hydrogen) atoms. The second-order valence-electron chi connectivity index (χ2n) is 7.33. The van der Waals surface area contributed by atoms with Crippen LogP contribution in [0.15, 0.2) is 53.6 Å². The number of benzene rings is 2. The summed E-state index contributed by atoms with van der Waals surface area (Å²) in [4.78, 5) is 8.71. The van der Waals surface area contributed by atoms with Gasteiger partial charge in [0.25, 0.3) is 0 Å². The number of aryl methyl sites for hydroxylation is 3. The summed E-state index contributed by atoms with van der Waals surface area (Å²) in [7, 11) is -1.88. The molecular formula is C21H27N7O4S. The number of nitrogens with two attached hydrogens (primary N) is 1. The monoisotopic (exact) mass is 473 g/mol. The average molecular weight is 474 g/mol. The van der Waals surface area contributed by atoms with Crippen LogP contribution in [-0.4, -0.2) is 39.1 Å². The number of nitrogens with zero attached hydrogens (tertiary/aromatic N) is 4. The molecule has 0 unspecified atom stereocenters. The van der Waals surface area contributed by atoms with E-state index in [1.54, 1.807) is 31.3 Å². The van der Waals surface area contributed by atoms with E-state index in [1.165, 1.54) is 6.07 Å². The molecule has 176 valence electrons. The fourth-order valence-electron chi connectivity index (χ4n) is 3.31. The minimum Gasteiger partial charge on any atom is -0.412 e. The molecule has 2 heterocycles. The number of anilines is 3. The fourth-order valence-corrected chi connectivity index (χ4v) is 4.12. The Labute approximate surface area is 191 Å². The molecule has 0 aliphatic rings. The lowest BCUT2D eigenvalue weighted by molar-refractivity contribution is 0.597. The average Bonchev–Trinajstić information content (AvgIpc) is 3.00. The predicted octanol–water partition coefficient (Wildman–Crippen LogP) is 1.33. The first-order chi connectivity index (χ1) is 14.7. The largest absolute Gasteiger partial charge is 0.412 e. The molecule has 4 aromatic rings. The quantitative estimate of drug-likeness (QED) is 0.376. The second-order valence-corrected chi connectivity index (χ2v) is 8.86. The molecule has 8 N–H and O–H groups in total. The molecule has 0 saturated carbocycles. The van der Waals surface area contributed by atoms with E-state index in [-0.39, 0.29) is 15.8 Å². The van der Waals surface area contributed by atoms with Crippen LogP contribution in [0.4, 0.5) is 17.5 Å². The van der Waals surface area contributed by atoms with Gasteiger partial charge in [-0.1, -0.05) is 18.2 Å². The number of rotatable bonds is 6. The van der Waals surface area contributed by atoms with Gasteiger partial charge >= 0.3 is 0 Å². The van der Waals surface area contributed by atoms with Gasteiger partial charge in [0.05, 0.1) is 10.4 Å². The van der Waals surface area contributed by atoms with E-state index in [4.69, 9.17) is 5.14 Å². The lowest BCUT2D eigenvalue weighted by atomic mass is 10.1. The summed E-state index contributed by atoms with van der Waals surface area (Å²) in [5.74, 6) is 0.971. The molecule has 11 nitrogen and oxygen atoms in total. The Morgan fingerprint density at radius 3 is 2.55 bits per heavy atom. The minimum atomic E-state index is -3.81. The summed E-state index contributed by atoms with van der Waals surface area (Å²) in [6.45, 7) is 4.30. The van der Waals surface area contributed by atoms with E-state index < -0.39 is 10.0 Å². The van der Waals surface area contributed by atoms with Crippen molar-refractivity contribution in [2.45, 2.75) is 25.3 Å². The van der Waals surface area contributed by atoms with Crippen molar-refractivity contribution in [1.29, 1.82) is 0 Å². The van der Waals surface area contributed by atoms with Crippen molar-refractivity contribution >= 4 is 38.4 Å². The van der Waals surface area contributed by atoms with Crippen LogP contribution in [0.3, 0.4) is 0 Å². The molecule has 0 aliphatic carbocycles. The molecule has 0 bridgehead atoms. The highest BCUT2D eigenvalue weighted by Crippen LogP contribution is 2.22. The molecule has 2 aromatic heterocycles. The molecule has 2 aromatic carbocycles. The van der Waals surface area contributed by atoms with E-state index in [9.17, 15) is 8.42 Å². The molecule has 12 heteroatoms. The minimum absolute atomic E-state index is 0. The Bertz CT molecular complexity index is 1390. The Morgan fingerprint density at radius 2 is 1.82 bits per heavy atom. The zero-order valence-corrected chi connectivity index (χ0v) is 19.2. The van der Waals surface area contributed by atoms with Crippen LogP contribution in [0.1, 0.15) is 16.8 Å². The van der Waals surface area contributed by atoms with Crippen LogP contribution < -0.4 is 15.8 Å². The molecule has 4 rings (SSSR count). The fraction of sp³-hybridized carbons (Fsp3) is 0.190. The van der Waals surface area contributed by atoms with Crippen LogP contribution in [0.25, 0.3) is 10.9 Å². The number of hydrogen-bond donors (Lipinski definition) is 3. The van der Waals surface area contributed by atoms with Crippen molar-refractivity contribution in [3.05, 3.63) is 65.5 Å². The Kier molecular flexibility index (Phi) is 7.72. The number of aromatic nitrogens is 4.